The van der Waals surface area contributed by atoms with Crippen molar-refractivity contribution in [1.29, 1.82) is 0 Å². The molecule has 3 nitrogen and oxygen atoms in total. The van der Waals surface area contributed by atoms with Gasteiger partial charge in [0.2, 0.25) is 5.91 Å². The molecule has 2 aliphatic rings. The molecule has 0 aromatic heterocycles. The summed E-state index contributed by atoms with van der Waals surface area (Å²) in [4.78, 5) is 11.6. The van der Waals surface area contributed by atoms with Crippen molar-refractivity contribution < 1.29 is 9.90 Å². The first-order valence-corrected chi connectivity index (χ1v) is 6.26. The minimum atomic E-state index is 0.00505. The third-order valence-electron chi connectivity index (χ3n) is 4.16. The average Bonchev–Trinajstić information content (AvgIpc) is 2.61. The Balaban J connectivity index is 2.18. The van der Waals surface area contributed by atoms with Gasteiger partial charge in [-0.3, -0.25) is 4.79 Å². The van der Waals surface area contributed by atoms with Crippen molar-refractivity contribution in [2.45, 2.75) is 51.0 Å². The summed E-state index contributed by atoms with van der Waals surface area (Å²) in [6.45, 7) is 2.18. The van der Waals surface area contributed by atoms with Gasteiger partial charge in [-0.05, 0) is 32.6 Å². The molecule has 2 N–H and O–H groups in total. The van der Waals surface area contributed by atoms with Crippen molar-refractivity contribution in [2.24, 2.45) is 5.92 Å². The molecule has 1 saturated carbocycles. The molecule has 3 heteroatoms. The summed E-state index contributed by atoms with van der Waals surface area (Å²) in [5, 5.41) is 12.2. The molecule has 1 heterocycles. The second-order valence-electron chi connectivity index (χ2n) is 5.13. The van der Waals surface area contributed by atoms with Gasteiger partial charge in [-0.2, -0.15) is 0 Å². The van der Waals surface area contributed by atoms with Crippen LogP contribution in [0, 0.1) is 5.92 Å². The van der Waals surface area contributed by atoms with Crippen LogP contribution in [-0.4, -0.2) is 23.2 Å². The summed E-state index contributed by atoms with van der Waals surface area (Å²) < 4.78 is 0. The van der Waals surface area contributed by atoms with E-state index < -0.39 is 0 Å². The van der Waals surface area contributed by atoms with Gasteiger partial charge >= 0.3 is 0 Å². The first-order valence-electron chi connectivity index (χ1n) is 6.26. The highest BCUT2D eigenvalue weighted by atomic mass is 16.2. The number of amides is 1. The highest BCUT2D eigenvalue weighted by Gasteiger charge is 2.45. The van der Waals surface area contributed by atoms with Crippen molar-refractivity contribution in [3.05, 3.63) is 11.6 Å². The van der Waals surface area contributed by atoms with Gasteiger partial charge in [0.05, 0.1) is 6.61 Å². The molecule has 1 saturated heterocycles. The van der Waals surface area contributed by atoms with Crippen molar-refractivity contribution in [2.75, 3.05) is 6.61 Å². The Labute approximate surface area is 96.9 Å². The first-order chi connectivity index (χ1) is 7.68. The first kappa shape index (κ1) is 11.6. The fraction of sp³-hybridized carbons (Fsp3) is 0.769. The molecule has 2 rings (SSSR count). The molecule has 2 atom stereocenters. The molecule has 0 aromatic rings. The molecule has 0 unspecified atom stereocenters. The van der Waals surface area contributed by atoms with Crippen molar-refractivity contribution in [3.8, 4) is 0 Å². The molecule has 1 amide bonds. The summed E-state index contributed by atoms with van der Waals surface area (Å²) in [5.41, 5.74) is 1.24. The Morgan fingerprint density at radius 2 is 2.31 bits per heavy atom. The van der Waals surface area contributed by atoms with E-state index in [0.29, 0.717) is 12.3 Å². The van der Waals surface area contributed by atoms with Gasteiger partial charge in [-0.1, -0.05) is 18.1 Å². The summed E-state index contributed by atoms with van der Waals surface area (Å²) in [6.07, 6.45) is 8.09. The molecule has 2 fully saturated rings. The predicted molar refractivity (Wildman–Crippen MR) is 62.9 cm³/mol. The topological polar surface area (TPSA) is 49.3 Å². The summed E-state index contributed by atoms with van der Waals surface area (Å²) >= 11 is 0. The highest BCUT2D eigenvalue weighted by molar-refractivity contribution is 5.77. The summed E-state index contributed by atoms with van der Waals surface area (Å²) in [6, 6.07) is 0. The van der Waals surface area contributed by atoms with E-state index in [9.17, 15) is 4.79 Å². The van der Waals surface area contributed by atoms with Gasteiger partial charge in [0.25, 0.3) is 0 Å². The zero-order chi connectivity index (χ0) is 11.6. The maximum absolute atomic E-state index is 11.6. The van der Waals surface area contributed by atoms with Crippen LogP contribution in [0.15, 0.2) is 11.6 Å². The number of aliphatic hydroxyl groups excluding tert-OH is 1. The lowest BCUT2D eigenvalue weighted by Crippen LogP contribution is -2.54. The molecule has 0 bridgehead atoms. The Bertz CT molecular complexity index is 311. The zero-order valence-corrected chi connectivity index (χ0v) is 9.96. The normalized spacial score (nSPS) is 35.5. The highest BCUT2D eigenvalue weighted by Crippen LogP contribution is 2.44. The van der Waals surface area contributed by atoms with Crippen LogP contribution in [0.2, 0.25) is 0 Å². The van der Waals surface area contributed by atoms with Crippen LogP contribution >= 0.6 is 0 Å². The van der Waals surface area contributed by atoms with Crippen LogP contribution in [0.4, 0.5) is 0 Å². The number of hydrogen-bond acceptors (Lipinski definition) is 2. The van der Waals surface area contributed by atoms with E-state index in [2.05, 4.69) is 12.2 Å². The third-order valence-corrected chi connectivity index (χ3v) is 4.16. The van der Waals surface area contributed by atoms with E-state index in [1.54, 1.807) is 0 Å². The lowest BCUT2D eigenvalue weighted by molar-refractivity contribution is -0.125. The SMILES string of the molecule is C/C(=C/CO)[C@H]1CCC[C@@]12CCCC(=O)N2. The van der Waals surface area contributed by atoms with Gasteiger partial charge in [0.1, 0.15) is 0 Å². The third kappa shape index (κ3) is 2.01. The number of nitrogens with one attached hydrogen (secondary N) is 1. The lowest BCUT2D eigenvalue weighted by atomic mass is 9.76. The zero-order valence-electron chi connectivity index (χ0n) is 9.96. The van der Waals surface area contributed by atoms with E-state index >= 15 is 0 Å². The van der Waals surface area contributed by atoms with E-state index in [1.165, 1.54) is 12.0 Å². The van der Waals surface area contributed by atoms with Crippen LogP contribution in [0.5, 0.6) is 0 Å². The average molecular weight is 223 g/mol. The number of carbonyl (C=O) groups is 1. The van der Waals surface area contributed by atoms with E-state index in [4.69, 9.17) is 5.11 Å². The molecule has 0 radical (unpaired) electrons. The number of carbonyl (C=O) groups excluding carboxylic acids is 1. The Morgan fingerprint density at radius 3 is 3.00 bits per heavy atom. The van der Waals surface area contributed by atoms with Crippen molar-refractivity contribution in [1.82, 2.24) is 5.32 Å². The maximum atomic E-state index is 11.6. The Kier molecular flexibility index (Phi) is 3.33. The molecule has 0 aromatic carbocycles. The quantitative estimate of drug-likeness (QED) is 0.701. The van der Waals surface area contributed by atoms with E-state index in [-0.39, 0.29) is 18.1 Å². The van der Waals surface area contributed by atoms with Gasteiger partial charge < -0.3 is 10.4 Å². The minimum absolute atomic E-state index is 0.00505. The van der Waals surface area contributed by atoms with Crippen LogP contribution in [-0.2, 0) is 4.79 Å². The lowest BCUT2D eigenvalue weighted by Gasteiger charge is -2.40. The smallest absolute Gasteiger partial charge is 0.220 e. The van der Waals surface area contributed by atoms with Crippen molar-refractivity contribution >= 4 is 5.91 Å². The molecular weight excluding hydrogens is 202 g/mol. The summed E-state index contributed by atoms with van der Waals surface area (Å²) in [5.74, 6) is 0.638. The Morgan fingerprint density at radius 1 is 1.56 bits per heavy atom. The molecular formula is C13H21NO2. The number of hydrogen-bond donors (Lipinski definition) is 2. The monoisotopic (exact) mass is 223 g/mol. The predicted octanol–water partition coefficient (Wildman–Crippen LogP) is 1.76. The van der Waals surface area contributed by atoms with Crippen molar-refractivity contribution in [3.63, 3.8) is 0 Å². The Hall–Kier alpha value is -0.830. The fourth-order valence-corrected chi connectivity index (χ4v) is 3.44. The van der Waals surface area contributed by atoms with Gasteiger partial charge in [-0.25, -0.2) is 0 Å². The maximum Gasteiger partial charge on any atom is 0.220 e. The second-order valence-corrected chi connectivity index (χ2v) is 5.13. The largest absolute Gasteiger partial charge is 0.392 e. The molecule has 90 valence electrons. The van der Waals surface area contributed by atoms with Crippen LogP contribution in [0.1, 0.15) is 45.4 Å². The molecule has 1 aliphatic heterocycles. The number of piperidine rings is 1. The molecule has 1 spiro atoms. The summed E-state index contributed by atoms with van der Waals surface area (Å²) in [7, 11) is 0. The van der Waals surface area contributed by atoms with Crippen LogP contribution in [0.3, 0.4) is 0 Å². The minimum Gasteiger partial charge on any atom is -0.392 e. The van der Waals surface area contributed by atoms with Crippen LogP contribution < -0.4 is 5.32 Å². The van der Waals surface area contributed by atoms with E-state index in [0.717, 1.165) is 25.7 Å². The standard InChI is InChI=1S/C13H21NO2/c1-10(6-9-15)11-4-2-7-13(11)8-3-5-12(16)14-13/h6,11,15H,2-5,7-9H2,1H3,(H,14,16)/b10-6-/t11-,13-/m1/s1. The van der Waals surface area contributed by atoms with Gasteiger partial charge in [0.15, 0.2) is 0 Å². The number of aliphatic hydroxyl groups is 1. The second kappa shape index (κ2) is 4.58. The number of rotatable bonds is 2. The fourth-order valence-electron chi connectivity index (χ4n) is 3.44. The van der Waals surface area contributed by atoms with Crippen LogP contribution in [0.25, 0.3) is 0 Å². The molecule has 1 aliphatic carbocycles. The van der Waals surface area contributed by atoms with Gasteiger partial charge in [-0.15, -0.1) is 0 Å². The van der Waals surface area contributed by atoms with Gasteiger partial charge in [0, 0.05) is 17.9 Å². The van der Waals surface area contributed by atoms with E-state index in [1.807, 2.05) is 6.08 Å². The molecule has 16 heavy (non-hydrogen) atoms.